The first-order valence-electron chi connectivity index (χ1n) is 6.30. The summed E-state index contributed by atoms with van der Waals surface area (Å²) < 4.78 is 0. The van der Waals surface area contributed by atoms with Gasteiger partial charge in [0.2, 0.25) is 0 Å². The minimum Gasteiger partial charge on any atom is -0.395 e. The first-order valence-corrected chi connectivity index (χ1v) is 7.35. The quantitative estimate of drug-likeness (QED) is 0.840. The van der Waals surface area contributed by atoms with Crippen LogP contribution in [0.15, 0.2) is 30.3 Å². The molecular weight excluding hydrogens is 230 g/mol. The molecule has 0 amide bonds. The van der Waals surface area contributed by atoms with Crippen molar-refractivity contribution in [3.05, 3.63) is 35.9 Å². The molecule has 1 aliphatic rings. The van der Waals surface area contributed by atoms with Crippen LogP contribution in [-0.2, 0) is 6.42 Å². The SMILES string of the molecule is CC1CC(N[C@H](CO)Cc2ccccc2)CS1. The van der Waals surface area contributed by atoms with Gasteiger partial charge in [-0.15, -0.1) is 0 Å². The first-order chi connectivity index (χ1) is 8.28. The number of hydrogen-bond acceptors (Lipinski definition) is 3. The third-order valence-corrected chi connectivity index (χ3v) is 4.57. The van der Waals surface area contributed by atoms with Crippen LogP contribution in [0.4, 0.5) is 0 Å². The van der Waals surface area contributed by atoms with Crippen LogP contribution in [0, 0.1) is 0 Å². The molecule has 2 nitrogen and oxygen atoms in total. The van der Waals surface area contributed by atoms with Crippen LogP contribution in [0.1, 0.15) is 18.9 Å². The van der Waals surface area contributed by atoms with E-state index in [1.807, 2.05) is 17.8 Å². The Bertz CT molecular complexity index is 330. The van der Waals surface area contributed by atoms with E-state index >= 15 is 0 Å². The number of aliphatic hydroxyl groups excluding tert-OH is 1. The molecule has 2 N–H and O–H groups in total. The van der Waals surface area contributed by atoms with Gasteiger partial charge in [0.25, 0.3) is 0 Å². The summed E-state index contributed by atoms with van der Waals surface area (Å²) in [5.74, 6) is 1.17. The molecule has 1 fully saturated rings. The van der Waals surface area contributed by atoms with E-state index in [1.54, 1.807) is 0 Å². The Hall–Kier alpha value is -0.510. The van der Waals surface area contributed by atoms with E-state index in [0.29, 0.717) is 6.04 Å². The maximum Gasteiger partial charge on any atom is 0.0587 e. The third-order valence-electron chi connectivity index (χ3n) is 3.22. The number of hydrogen-bond donors (Lipinski definition) is 2. The van der Waals surface area contributed by atoms with Crippen molar-refractivity contribution in [1.29, 1.82) is 0 Å². The predicted octanol–water partition coefficient (Wildman–Crippen LogP) is 2.07. The highest BCUT2D eigenvalue weighted by Crippen LogP contribution is 2.26. The van der Waals surface area contributed by atoms with E-state index in [0.717, 1.165) is 11.7 Å². The highest BCUT2D eigenvalue weighted by molar-refractivity contribution is 8.00. The van der Waals surface area contributed by atoms with Crippen LogP contribution < -0.4 is 5.32 Å². The summed E-state index contributed by atoms with van der Waals surface area (Å²) in [6.45, 7) is 2.49. The zero-order valence-corrected chi connectivity index (χ0v) is 11.1. The van der Waals surface area contributed by atoms with Crippen LogP contribution in [-0.4, -0.2) is 34.8 Å². The summed E-state index contributed by atoms with van der Waals surface area (Å²) in [6.07, 6.45) is 2.13. The van der Waals surface area contributed by atoms with Gasteiger partial charge in [-0.3, -0.25) is 0 Å². The summed E-state index contributed by atoms with van der Waals surface area (Å²) in [5, 5.41) is 13.8. The number of aliphatic hydroxyl groups is 1. The Balaban J connectivity index is 1.85. The van der Waals surface area contributed by atoms with Crippen molar-refractivity contribution < 1.29 is 5.11 Å². The number of thioether (sulfide) groups is 1. The van der Waals surface area contributed by atoms with Gasteiger partial charge in [-0.25, -0.2) is 0 Å². The molecule has 0 bridgehead atoms. The fourth-order valence-electron chi connectivity index (χ4n) is 2.34. The summed E-state index contributed by atoms with van der Waals surface area (Å²) in [4.78, 5) is 0. The van der Waals surface area contributed by atoms with Crippen LogP contribution in [0.25, 0.3) is 0 Å². The molecule has 0 saturated carbocycles. The number of rotatable bonds is 5. The molecule has 1 aromatic carbocycles. The van der Waals surface area contributed by atoms with Gasteiger partial charge in [0, 0.05) is 23.1 Å². The van der Waals surface area contributed by atoms with Crippen molar-refractivity contribution in [1.82, 2.24) is 5.32 Å². The van der Waals surface area contributed by atoms with Crippen LogP contribution in [0.3, 0.4) is 0 Å². The summed E-state index contributed by atoms with van der Waals surface area (Å²) >= 11 is 2.02. The van der Waals surface area contributed by atoms with Crippen LogP contribution in [0.2, 0.25) is 0 Å². The molecule has 1 aliphatic heterocycles. The Morgan fingerprint density at radius 2 is 2.18 bits per heavy atom. The molecule has 1 heterocycles. The minimum atomic E-state index is 0.188. The topological polar surface area (TPSA) is 32.3 Å². The Morgan fingerprint density at radius 3 is 2.76 bits per heavy atom. The second-order valence-electron chi connectivity index (χ2n) is 4.81. The smallest absolute Gasteiger partial charge is 0.0587 e. The predicted molar refractivity (Wildman–Crippen MR) is 74.5 cm³/mol. The van der Waals surface area contributed by atoms with Gasteiger partial charge in [0.1, 0.15) is 0 Å². The van der Waals surface area contributed by atoms with Crippen LogP contribution in [0.5, 0.6) is 0 Å². The van der Waals surface area contributed by atoms with E-state index in [4.69, 9.17) is 0 Å². The van der Waals surface area contributed by atoms with Gasteiger partial charge in [0.05, 0.1) is 6.61 Å². The summed E-state index contributed by atoms with van der Waals surface area (Å²) in [5.41, 5.74) is 1.29. The normalized spacial score (nSPS) is 26.0. The molecule has 2 unspecified atom stereocenters. The lowest BCUT2D eigenvalue weighted by molar-refractivity contribution is 0.232. The van der Waals surface area contributed by atoms with Crippen molar-refractivity contribution >= 4 is 11.8 Å². The van der Waals surface area contributed by atoms with Crippen molar-refractivity contribution in [3.8, 4) is 0 Å². The van der Waals surface area contributed by atoms with E-state index in [-0.39, 0.29) is 12.6 Å². The van der Waals surface area contributed by atoms with Crippen molar-refractivity contribution in [2.45, 2.75) is 37.1 Å². The lowest BCUT2D eigenvalue weighted by Gasteiger charge is -2.21. The van der Waals surface area contributed by atoms with E-state index in [1.165, 1.54) is 17.7 Å². The Labute approximate surface area is 108 Å². The largest absolute Gasteiger partial charge is 0.395 e. The molecule has 17 heavy (non-hydrogen) atoms. The third kappa shape index (κ3) is 4.02. The molecule has 0 aromatic heterocycles. The fraction of sp³-hybridized carbons (Fsp3) is 0.571. The van der Waals surface area contributed by atoms with Crippen LogP contribution >= 0.6 is 11.8 Å². The van der Waals surface area contributed by atoms with Gasteiger partial charge in [-0.2, -0.15) is 11.8 Å². The molecular formula is C14H21NOS. The average molecular weight is 251 g/mol. The van der Waals surface area contributed by atoms with Gasteiger partial charge < -0.3 is 10.4 Å². The molecule has 3 heteroatoms. The summed E-state index contributed by atoms with van der Waals surface area (Å²) in [6, 6.07) is 11.1. The second kappa shape index (κ2) is 6.43. The Morgan fingerprint density at radius 1 is 1.41 bits per heavy atom. The van der Waals surface area contributed by atoms with E-state index in [2.05, 4.69) is 36.5 Å². The molecule has 0 aliphatic carbocycles. The standard InChI is InChI=1S/C14H21NOS/c1-11-7-14(10-17-11)15-13(9-16)8-12-5-3-2-4-6-12/h2-6,11,13-16H,7-10H2,1H3/t11?,13-,14?/m0/s1. The molecule has 1 aromatic rings. The highest BCUT2D eigenvalue weighted by Gasteiger charge is 2.23. The Kier molecular flexibility index (Phi) is 4.89. The molecule has 94 valence electrons. The average Bonchev–Trinajstić information content (AvgIpc) is 2.75. The number of benzene rings is 1. The maximum absolute atomic E-state index is 9.44. The molecule has 1 saturated heterocycles. The van der Waals surface area contributed by atoms with Gasteiger partial charge in [0.15, 0.2) is 0 Å². The van der Waals surface area contributed by atoms with Gasteiger partial charge in [-0.05, 0) is 18.4 Å². The first kappa shape index (κ1) is 12.9. The highest BCUT2D eigenvalue weighted by atomic mass is 32.2. The monoisotopic (exact) mass is 251 g/mol. The molecule has 3 atom stereocenters. The van der Waals surface area contributed by atoms with Gasteiger partial charge >= 0.3 is 0 Å². The second-order valence-corrected chi connectivity index (χ2v) is 6.28. The van der Waals surface area contributed by atoms with Crippen molar-refractivity contribution in [2.24, 2.45) is 0 Å². The maximum atomic E-state index is 9.44. The van der Waals surface area contributed by atoms with Crippen molar-refractivity contribution in [3.63, 3.8) is 0 Å². The van der Waals surface area contributed by atoms with Crippen molar-refractivity contribution in [2.75, 3.05) is 12.4 Å². The zero-order valence-electron chi connectivity index (χ0n) is 10.3. The lowest BCUT2D eigenvalue weighted by Crippen LogP contribution is -2.42. The molecule has 0 spiro atoms. The fourth-order valence-corrected chi connectivity index (χ4v) is 3.50. The lowest BCUT2D eigenvalue weighted by atomic mass is 10.0. The molecule has 0 radical (unpaired) electrons. The summed E-state index contributed by atoms with van der Waals surface area (Å²) in [7, 11) is 0. The van der Waals surface area contributed by atoms with E-state index < -0.39 is 0 Å². The minimum absolute atomic E-state index is 0.188. The van der Waals surface area contributed by atoms with Gasteiger partial charge in [-0.1, -0.05) is 37.3 Å². The zero-order chi connectivity index (χ0) is 12.1. The van der Waals surface area contributed by atoms with E-state index in [9.17, 15) is 5.11 Å². The molecule has 2 rings (SSSR count). The number of nitrogens with one attached hydrogen (secondary N) is 1.